The summed E-state index contributed by atoms with van der Waals surface area (Å²) in [5, 5.41) is 2.01. The Labute approximate surface area is 193 Å². The average Bonchev–Trinajstić information content (AvgIpc) is 3.44. The van der Waals surface area contributed by atoms with Gasteiger partial charge in [0.1, 0.15) is 5.82 Å². The fraction of sp³-hybridized carbons (Fsp3) is 0.320. The van der Waals surface area contributed by atoms with Crippen LogP contribution in [-0.2, 0) is 4.74 Å². The highest BCUT2D eigenvalue weighted by Crippen LogP contribution is 2.28. The van der Waals surface area contributed by atoms with E-state index in [1.54, 1.807) is 6.07 Å². The average molecular weight is 445 g/mol. The molecule has 4 heterocycles. The standard InChI is InChI=1S/C25H28N6O2/c1-17-7-6-12-30(17)23-11-5-10-22(27-23)26-21-16-20(28-31-14-13-29(2)24(21)31)18-8-4-9-19(15-18)25(32)33-3/h4-5,8-11,13-17,24,28H,6-7,12H2,1-3H3. The molecular weight excluding hydrogens is 416 g/mol. The van der Waals surface area contributed by atoms with Crippen molar-refractivity contribution in [2.45, 2.75) is 32.0 Å². The molecule has 2 aromatic rings. The monoisotopic (exact) mass is 444 g/mol. The van der Waals surface area contributed by atoms with Gasteiger partial charge in [-0.2, -0.15) is 0 Å². The topological polar surface area (TPSA) is 73.3 Å². The van der Waals surface area contributed by atoms with Crippen LogP contribution in [-0.4, -0.2) is 59.5 Å². The second-order valence-corrected chi connectivity index (χ2v) is 8.56. The van der Waals surface area contributed by atoms with Crippen molar-refractivity contribution in [2.24, 2.45) is 4.99 Å². The van der Waals surface area contributed by atoms with Crippen molar-refractivity contribution in [3.63, 3.8) is 0 Å². The van der Waals surface area contributed by atoms with Crippen LogP contribution in [0, 0.1) is 0 Å². The smallest absolute Gasteiger partial charge is 0.337 e. The van der Waals surface area contributed by atoms with E-state index in [0.717, 1.165) is 29.3 Å². The van der Waals surface area contributed by atoms with Gasteiger partial charge in [0.05, 0.1) is 24.1 Å². The molecule has 0 radical (unpaired) electrons. The molecule has 0 aliphatic carbocycles. The number of carbonyl (C=O) groups is 1. The summed E-state index contributed by atoms with van der Waals surface area (Å²) in [6.45, 7) is 3.27. The Morgan fingerprint density at radius 2 is 2.06 bits per heavy atom. The molecule has 0 saturated carbocycles. The van der Waals surface area contributed by atoms with E-state index in [2.05, 4.69) is 28.2 Å². The summed E-state index contributed by atoms with van der Waals surface area (Å²) in [6, 6.07) is 13.9. The summed E-state index contributed by atoms with van der Waals surface area (Å²) in [5.41, 5.74) is 6.51. The second-order valence-electron chi connectivity index (χ2n) is 8.56. The number of hydrogen-bond donors (Lipinski definition) is 1. The number of hydrogen-bond acceptors (Lipinski definition) is 8. The van der Waals surface area contributed by atoms with Gasteiger partial charge in [0.25, 0.3) is 0 Å². The first-order valence-electron chi connectivity index (χ1n) is 11.2. The van der Waals surface area contributed by atoms with Crippen molar-refractivity contribution in [3.8, 4) is 0 Å². The predicted octanol–water partition coefficient (Wildman–Crippen LogP) is 3.53. The lowest BCUT2D eigenvalue weighted by Gasteiger charge is -2.36. The van der Waals surface area contributed by atoms with Gasteiger partial charge in [-0.3, -0.25) is 10.4 Å². The van der Waals surface area contributed by atoms with Crippen LogP contribution >= 0.6 is 0 Å². The Kier molecular flexibility index (Phi) is 5.50. The highest BCUT2D eigenvalue weighted by atomic mass is 16.5. The minimum atomic E-state index is -0.363. The molecule has 0 spiro atoms. The molecule has 1 saturated heterocycles. The van der Waals surface area contributed by atoms with Gasteiger partial charge in [0, 0.05) is 37.6 Å². The fourth-order valence-electron chi connectivity index (χ4n) is 4.59. The van der Waals surface area contributed by atoms with Crippen LogP contribution in [0.2, 0.25) is 0 Å². The largest absolute Gasteiger partial charge is 0.465 e. The normalized spacial score (nSPS) is 22.9. The SMILES string of the molecule is COC(=O)c1cccc(C2=CC(=Nc3cccc(N4CCCC4C)n3)C3N(C)C=CN3N2)c1. The number of nitrogens with one attached hydrogen (secondary N) is 1. The van der Waals surface area contributed by atoms with Crippen molar-refractivity contribution in [1.82, 2.24) is 20.3 Å². The maximum absolute atomic E-state index is 12.0. The van der Waals surface area contributed by atoms with Gasteiger partial charge >= 0.3 is 5.97 Å². The van der Waals surface area contributed by atoms with Gasteiger partial charge in [-0.25, -0.2) is 14.8 Å². The van der Waals surface area contributed by atoms with Crippen molar-refractivity contribution in [3.05, 3.63) is 72.1 Å². The van der Waals surface area contributed by atoms with E-state index in [1.807, 2.05) is 60.9 Å². The lowest BCUT2D eigenvalue weighted by Crippen LogP contribution is -2.51. The number of fused-ring (bicyclic) bond motifs is 1. The third-order valence-corrected chi connectivity index (χ3v) is 6.32. The van der Waals surface area contributed by atoms with Gasteiger partial charge in [0.2, 0.25) is 0 Å². The summed E-state index contributed by atoms with van der Waals surface area (Å²) < 4.78 is 4.88. The number of rotatable bonds is 4. The van der Waals surface area contributed by atoms with Crippen LogP contribution in [0.4, 0.5) is 11.6 Å². The van der Waals surface area contributed by atoms with Crippen LogP contribution in [0.5, 0.6) is 0 Å². The van der Waals surface area contributed by atoms with Crippen LogP contribution < -0.4 is 10.3 Å². The third kappa shape index (κ3) is 4.04. The summed E-state index contributed by atoms with van der Waals surface area (Å²) in [5.74, 6) is 1.29. The first-order chi connectivity index (χ1) is 16.0. The Hall–Kier alpha value is -3.81. The van der Waals surface area contributed by atoms with Crippen molar-refractivity contribution in [1.29, 1.82) is 0 Å². The molecule has 1 aromatic carbocycles. The Morgan fingerprint density at radius 1 is 1.21 bits per heavy atom. The summed E-state index contributed by atoms with van der Waals surface area (Å²) in [7, 11) is 3.40. The van der Waals surface area contributed by atoms with Crippen LogP contribution in [0.1, 0.15) is 35.7 Å². The first kappa shape index (κ1) is 21.1. The Bertz CT molecular complexity index is 1160. The Morgan fingerprint density at radius 3 is 2.85 bits per heavy atom. The number of pyridine rings is 1. The predicted molar refractivity (Wildman–Crippen MR) is 129 cm³/mol. The van der Waals surface area contributed by atoms with E-state index in [-0.39, 0.29) is 12.1 Å². The van der Waals surface area contributed by atoms with Crippen molar-refractivity contribution in [2.75, 3.05) is 25.6 Å². The zero-order chi connectivity index (χ0) is 22.9. The number of aromatic nitrogens is 1. The van der Waals surface area contributed by atoms with Crippen LogP contribution in [0.25, 0.3) is 5.70 Å². The van der Waals surface area contributed by atoms with E-state index in [9.17, 15) is 4.79 Å². The molecule has 0 bridgehead atoms. The molecule has 8 heteroatoms. The van der Waals surface area contributed by atoms with Crippen molar-refractivity contribution < 1.29 is 9.53 Å². The van der Waals surface area contributed by atoms with Crippen molar-refractivity contribution >= 4 is 29.0 Å². The highest BCUT2D eigenvalue weighted by Gasteiger charge is 2.33. The van der Waals surface area contributed by atoms with E-state index in [0.29, 0.717) is 17.4 Å². The van der Waals surface area contributed by atoms with Gasteiger partial charge in [-0.15, -0.1) is 0 Å². The molecule has 33 heavy (non-hydrogen) atoms. The number of nitrogens with zero attached hydrogens (tertiary/aromatic N) is 5. The van der Waals surface area contributed by atoms with Crippen LogP contribution in [0.3, 0.4) is 0 Å². The van der Waals surface area contributed by atoms with E-state index in [1.165, 1.54) is 20.0 Å². The molecule has 5 rings (SSSR count). The second kappa shape index (κ2) is 8.61. The molecule has 3 aliphatic rings. The van der Waals surface area contributed by atoms with E-state index in [4.69, 9.17) is 14.7 Å². The van der Waals surface area contributed by atoms with E-state index >= 15 is 0 Å². The number of esters is 1. The summed E-state index contributed by atoms with van der Waals surface area (Å²) in [4.78, 5) is 26.3. The number of aliphatic imine (C=N–C) groups is 1. The number of ether oxygens (including phenoxy) is 1. The molecule has 1 N–H and O–H groups in total. The molecule has 2 unspecified atom stereocenters. The number of hydrazine groups is 1. The minimum Gasteiger partial charge on any atom is -0.465 e. The van der Waals surface area contributed by atoms with Gasteiger partial charge in [-0.05, 0) is 50.1 Å². The number of benzene rings is 1. The molecule has 1 fully saturated rings. The quantitative estimate of drug-likeness (QED) is 0.723. The molecule has 170 valence electrons. The number of anilines is 1. The zero-order valence-corrected chi connectivity index (χ0v) is 19.1. The van der Waals surface area contributed by atoms with Gasteiger partial charge in [0.15, 0.2) is 12.0 Å². The highest BCUT2D eigenvalue weighted by molar-refractivity contribution is 6.06. The maximum atomic E-state index is 12.0. The molecule has 3 aliphatic heterocycles. The third-order valence-electron chi connectivity index (χ3n) is 6.32. The lowest BCUT2D eigenvalue weighted by molar-refractivity contribution is 0.0600. The minimum absolute atomic E-state index is 0.0892. The summed E-state index contributed by atoms with van der Waals surface area (Å²) >= 11 is 0. The summed E-state index contributed by atoms with van der Waals surface area (Å²) in [6.07, 6.45) is 8.30. The van der Waals surface area contributed by atoms with Gasteiger partial charge in [-0.1, -0.05) is 18.2 Å². The van der Waals surface area contributed by atoms with Gasteiger partial charge < -0.3 is 14.5 Å². The Balaban J connectivity index is 1.52. The lowest BCUT2D eigenvalue weighted by atomic mass is 10.0. The van der Waals surface area contributed by atoms with E-state index < -0.39 is 0 Å². The van der Waals surface area contributed by atoms with Crippen LogP contribution in [0.15, 0.2) is 65.9 Å². The molecule has 0 amide bonds. The number of methoxy groups -OCH3 is 1. The molecule has 8 nitrogen and oxygen atoms in total. The molecular formula is C25H28N6O2. The maximum Gasteiger partial charge on any atom is 0.337 e. The fourth-order valence-corrected chi connectivity index (χ4v) is 4.59. The zero-order valence-electron chi connectivity index (χ0n) is 19.1. The first-order valence-corrected chi connectivity index (χ1v) is 11.2. The molecule has 1 aromatic heterocycles. The number of carbonyl (C=O) groups excluding carboxylic acids is 1. The molecule has 2 atom stereocenters.